The van der Waals surface area contributed by atoms with Crippen LogP contribution in [0, 0.1) is 11.3 Å². The van der Waals surface area contributed by atoms with E-state index in [0.717, 1.165) is 25.0 Å². The van der Waals surface area contributed by atoms with E-state index < -0.39 is 0 Å². The number of nitrogens with one attached hydrogen (secondary N) is 1. The molecule has 2 atom stereocenters. The molecule has 2 unspecified atom stereocenters. The van der Waals surface area contributed by atoms with Crippen molar-refractivity contribution in [3.05, 3.63) is 0 Å². The lowest BCUT2D eigenvalue weighted by molar-refractivity contribution is 0.257. The monoisotopic (exact) mass is 193 g/mol. The fourth-order valence-corrected chi connectivity index (χ4v) is 2.60. The summed E-state index contributed by atoms with van der Waals surface area (Å²) in [7, 11) is 0. The molecule has 2 bridgehead atoms. The molecule has 0 amide bonds. The minimum atomic E-state index is 0.706. The van der Waals surface area contributed by atoms with E-state index in [4.69, 9.17) is 5.26 Å². The molecule has 78 valence electrons. The van der Waals surface area contributed by atoms with Gasteiger partial charge < -0.3 is 10.2 Å². The van der Waals surface area contributed by atoms with E-state index >= 15 is 0 Å². The number of rotatable bonds is 3. The quantitative estimate of drug-likeness (QED) is 0.683. The largest absolute Gasteiger partial charge is 0.310 e. The molecule has 2 aliphatic heterocycles. The SMILES string of the molecule is N#CCCCN1CCC2CCC(C1)N2. The summed E-state index contributed by atoms with van der Waals surface area (Å²) >= 11 is 0. The first-order valence-corrected chi connectivity index (χ1v) is 5.74. The zero-order valence-electron chi connectivity index (χ0n) is 8.71. The summed E-state index contributed by atoms with van der Waals surface area (Å²) in [6, 6.07) is 3.72. The molecule has 0 aromatic rings. The molecule has 0 aliphatic carbocycles. The van der Waals surface area contributed by atoms with Crippen LogP contribution in [-0.2, 0) is 0 Å². The second kappa shape index (κ2) is 4.77. The van der Waals surface area contributed by atoms with Gasteiger partial charge in [-0.3, -0.25) is 0 Å². The van der Waals surface area contributed by atoms with Gasteiger partial charge in [0.05, 0.1) is 6.07 Å². The first kappa shape index (κ1) is 9.95. The van der Waals surface area contributed by atoms with Gasteiger partial charge in [0.25, 0.3) is 0 Å². The van der Waals surface area contributed by atoms with Crippen molar-refractivity contribution in [1.29, 1.82) is 5.26 Å². The van der Waals surface area contributed by atoms with Crippen LogP contribution in [0.3, 0.4) is 0 Å². The summed E-state index contributed by atoms with van der Waals surface area (Å²) in [4.78, 5) is 2.52. The first-order valence-electron chi connectivity index (χ1n) is 5.74. The highest BCUT2D eigenvalue weighted by atomic mass is 15.2. The third-order valence-corrected chi connectivity index (χ3v) is 3.37. The van der Waals surface area contributed by atoms with Crippen LogP contribution in [0.4, 0.5) is 0 Å². The van der Waals surface area contributed by atoms with Crippen molar-refractivity contribution in [2.75, 3.05) is 19.6 Å². The van der Waals surface area contributed by atoms with Crippen molar-refractivity contribution in [1.82, 2.24) is 10.2 Å². The van der Waals surface area contributed by atoms with Crippen LogP contribution in [0.25, 0.3) is 0 Å². The molecule has 2 rings (SSSR count). The Morgan fingerprint density at radius 1 is 1.29 bits per heavy atom. The molecule has 0 aromatic heterocycles. The zero-order chi connectivity index (χ0) is 9.80. The van der Waals surface area contributed by atoms with Gasteiger partial charge in [-0.1, -0.05) is 0 Å². The first-order chi connectivity index (χ1) is 6.88. The van der Waals surface area contributed by atoms with Crippen molar-refractivity contribution < 1.29 is 0 Å². The third-order valence-electron chi connectivity index (χ3n) is 3.37. The minimum Gasteiger partial charge on any atom is -0.310 e. The second-order valence-corrected chi connectivity index (χ2v) is 4.49. The van der Waals surface area contributed by atoms with Gasteiger partial charge in [0.1, 0.15) is 0 Å². The third kappa shape index (κ3) is 2.46. The molecule has 2 heterocycles. The van der Waals surface area contributed by atoms with Crippen LogP contribution in [0.5, 0.6) is 0 Å². The van der Waals surface area contributed by atoms with E-state index in [1.807, 2.05) is 0 Å². The Hall–Kier alpha value is -0.590. The predicted molar refractivity (Wildman–Crippen MR) is 55.8 cm³/mol. The molecular weight excluding hydrogens is 174 g/mol. The smallest absolute Gasteiger partial charge is 0.0622 e. The predicted octanol–water partition coefficient (Wildman–Crippen LogP) is 1.12. The van der Waals surface area contributed by atoms with E-state index in [1.54, 1.807) is 0 Å². The molecular formula is C11H19N3. The van der Waals surface area contributed by atoms with Crippen LogP contribution in [0.1, 0.15) is 32.1 Å². The summed E-state index contributed by atoms with van der Waals surface area (Å²) in [5.41, 5.74) is 0. The van der Waals surface area contributed by atoms with Crippen molar-refractivity contribution in [3.63, 3.8) is 0 Å². The average molecular weight is 193 g/mol. The lowest BCUT2D eigenvalue weighted by Gasteiger charge is -2.23. The molecule has 1 N–H and O–H groups in total. The lowest BCUT2D eigenvalue weighted by atomic mass is 10.1. The number of hydrogen-bond acceptors (Lipinski definition) is 3. The number of nitrogens with zero attached hydrogens (tertiary/aromatic N) is 2. The fourth-order valence-electron chi connectivity index (χ4n) is 2.60. The Balaban J connectivity index is 1.75. The fraction of sp³-hybridized carbons (Fsp3) is 0.909. The molecule has 0 spiro atoms. The highest BCUT2D eigenvalue weighted by Crippen LogP contribution is 2.20. The highest BCUT2D eigenvalue weighted by Gasteiger charge is 2.28. The van der Waals surface area contributed by atoms with Crippen LogP contribution >= 0.6 is 0 Å². The molecule has 3 heteroatoms. The summed E-state index contributed by atoms with van der Waals surface area (Å²) in [6.07, 6.45) is 5.76. The van der Waals surface area contributed by atoms with Gasteiger partial charge in [0, 0.05) is 25.0 Å². The van der Waals surface area contributed by atoms with Crippen LogP contribution in [0.15, 0.2) is 0 Å². The molecule has 0 aromatic carbocycles. The number of unbranched alkanes of at least 4 members (excludes halogenated alkanes) is 1. The standard InChI is InChI=1S/C11H19N3/c12-6-1-2-7-14-8-5-10-3-4-11(9-14)13-10/h10-11,13H,1-5,7-9H2. The van der Waals surface area contributed by atoms with Crippen molar-refractivity contribution >= 4 is 0 Å². The highest BCUT2D eigenvalue weighted by molar-refractivity contribution is 4.89. The van der Waals surface area contributed by atoms with Crippen LogP contribution in [-0.4, -0.2) is 36.6 Å². The molecule has 0 radical (unpaired) electrons. The number of nitriles is 1. The van der Waals surface area contributed by atoms with Gasteiger partial charge in [-0.2, -0.15) is 5.26 Å². The van der Waals surface area contributed by atoms with Crippen molar-refractivity contribution in [3.8, 4) is 6.07 Å². The number of likely N-dealkylation sites (tertiary alicyclic amines) is 1. The lowest BCUT2D eigenvalue weighted by Crippen LogP contribution is -2.35. The molecule has 2 fully saturated rings. The van der Waals surface area contributed by atoms with E-state index in [1.165, 1.54) is 32.4 Å². The van der Waals surface area contributed by atoms with E-state index in [0.29, 0.717) is 6.42 Å². The van der Waals surface area contributed by atoms with E-state index in [9.17, 15) is 0 Å². The Morgan fingerprint density at radius 2 is 2.14 bits per heavy atom. The van der Waals surface area contributed by atoms with Gasteiger partial charge >= 0.3 is 0 Å². The van der Waals surface area contributed by atoms with Gasteiger partial charge in [-0.15, -0.1) is 0 Å². The van der Waals surface area contributed by atoms with Gasteiger partial charge in [0.15, 0.2) is 0 Å². The number of fused-ring (bicyclic) bond motifs is 2. The van der Waals surface area contributed by atoms with Crippen molar-refractivity contribution in [2.45, 2.75) is 44.2 Å². The maximum atomic E-state index is 8.48. The van der Waals surface area contributed by atoms with Gasteiger partial charge in [-0.25, -0.2) is 0 Å². The molecule has 0 saturated carbocycles. The number of hydrogen-bond donors (Lipinski definition) is 1. The Morgan fingerprint density at radius 3 is 3.00 bits per heavy atom. The molecule has 3 nitrogen and oxygen atoms in total. The zero-order valence-corrected chi connectivity index (χ0v) is 8.71. The summed E-state index contributed by atoms with van der Waals surface area (Å²) in [6.45, 7) is 3.53. The summed E-state index contributed by atoms with van der Waals surface area (Å²) < 4.78 is 0. The Labute approximate surface area is 86.1 Å². The van der Waals surface area contributed by atoms with Crippen molar-refractivity contribution in [2.24, 2.45) is 0 Å². The normalized spacial score (nSPS) is 32.5. The average Bonchev–Trinajstić information content (AvgIpc) is 2.50. The van der Waals surface area contributed by atoms with Crippen LogP contribution < -0.4 is 5.32 Å². The topological polar surface area (TPSA) is 39.1 Å². The maximum absolute atomic E-state index is 8.48. The molecule has 14 heavy (non-hydrogen) atoms. The van der Waals surface area contributed by atoms with Gasteiger partial charge in [0.2, 0.25) is 0 Å². The Bertz CT molecular complexity index is 221. The van der Waals surface area contributed by atoms with E-state index in [2.05, 4.69) is 16.3 Å². The minimum absolute atomic E-state index is 0.706. The maximum Gasteiger partial charge on any atom is 0.0622 e. The molecule has 2 aliphatic rings. The van der Waals surface area contributed by atoms with Gasteiger partial charge in [-0.05, 0) is 38.8 Å². The Kier molecular flexibility index (Phi) is 3.39. The van der Waals surface area contributed by atoms with E-state index in [-0.39, 0.29) is 0 Å². The summed E-state index contributed by atoms with van der Waals surface area (Å²) in [5, 5.41) is 12.1. The molecule has 2 saturated heterocycles. The second-order valence-electron chi connectivity index (χ2n) is 4.49. The summed E-state index contributed by atoms with van der Waals surface area (Å²) in [5.74, 6) is 0. The van der Waals surface area contributed by atoms with Crippen LogP contribution in [0.2, 0.25) is 0 Å².